The van der Waals surface area contributed by atoms with Crippen LogP contribution in [-0.2, 0) is 14.3 Å². The van der Waals surface area contributed by atoms with E-state index in [0.29, 0.717) is 0 Å². The maximum atomic E-state index is 10.6. The second-order valence-corrected chi connectivity index (χ2v) is 2.06. The Balaban J connectivity index is 3.78. The van der Waals surface area contributed by atoms with Crippen molar-refractivity contribution in [2.45, 2.75) is 19.4 Å². The smallest absolute Gasteiger partial charge is 0.330 e. The van der Waals surface area contributed by atoms with Crippen molar-refractivity contribution < 1.29 is 14.3 Å². The van der Waals surface area contributed by atoms with Crippen LogP contribution < -0.4 is 0 Å². The van der Waals surface area contributed by atoms with Crippen molar-refractivity contribution in [1.82, 2.24) is 0 Å². The van der Waals surface area contributed by atoms with Gasteiger partial charge in [0.2, 0.25) is 0 Å². The van der Waals surface area contributed by atoms with E-state index in [1.165, 1.54) is 13.2 Å². The molecular weight excluding hydrogens is 144 g/mol. The third-order valence-corrected chi connectivity index (χ3v) is 1.35. The molecule has 0 heterocycles. The van der Waals surface area contributed by atoms with Crippen LogP contribution in [0.4, 0.5) is 0 Å². The lowest BCUT2D eigenvalue weighted by molar-refractivity contribution is -0.134. The van der Waals surface area contributed by atoms with Crippen molar-refractivity contribution in [3.8, 4) is 0 Å². The zero-order valence-corrected chi connectivity index (χ0v) is 7.16. The quantitative estimate of drug-likeness (QED) is 0.454. The maximum absolute atomic E-state index is 10.6. The topological polar surface area (TPSA) is 35.5 Å². The van der Waals surface area contributed by atoms with Crippen LogP contribution in [0, 0.1) is 0 Å². The number of ether oxygens (including phenoxy) is 2. The number of rotatable bonds is 4. The van der Waals surface area contributed by atoms with Crippen LogP contribution in [0.5, 0.6) is 0 Å². The van der Waals surface area contributed by atoms with E-state index in [1.807, 2.05) is 6.92 Å². The molecule has 0 N–H and O–H groups in total. The highest BCUT2D eigenvalue weighted by Crippen LogP contribution is 1.97. The fraction of sp³-hybridized carbons (Fsp3) is 0.625. The van der Waals surface area contributed by atoms with Crippen LogP contribution in [0.3, 0.4) is 0 Å². The monoisotopic (exact) mass is 158 g/mol. The molecule has 0 aromatic carbocycles. The normalized spacial score (nSPS) is 13.4. The highest BCUT2D eigenvalue weighted by Gasteiger charge is 1.98. The Hall–Kier alpha value is -0.830. The van der Waals surface area contributed by atoms with Gasteiger partial charge in [0.05, 0.1) is 13.2 Å². The molecule has 0 aliphatic rings. The molecule has 0 aromatic rings. The summed E-state index contributed by atoms with van der Waals surface area (Å²) >= 11 is 0. The molecule has 0 radical (unpaired) electrons. The number of esters is 1. The molecule has 0 unspecified atom stereocenters. The van der Waals surface area contributed by atoms with Crippen LogP contribution in [0.2, 0.25) is 0 Å². The van der Waals surface area contributed by atoms with Gasteiger partial charge in [0.1, 0.15) is 0 Å². The lowest BCUT2D eigenvalue weighted by Gasteiger charge is -2.05. The predicted octanol–water partition coefficient (Wildman–Crippen LogP) is 1.14. The Labute approximate surface area is 67.0 Å². The van der Waals surface area contributed by atoms with E-state index in [9.17, 15) is 4.79 Å². The van der Waals surface area contributed by atoms with Gasteiger partial charge in [0.25, 0.3) is 0 Å². The average Bonchev–Trinajstić information content (AvgIpc) is 2.06. The summed E-state index contributed by atoms with van der Waals surface area (Å²) in [6, 6.07) is 0. The van der Waals surface area contributed by atoms with Crippen LogP contribution in [0.1, 0.15) is 13.3 Å². The van der Waals surface area contributed by atoms with Gasteiger partial charge in [-0.25, -0.2) is 4.79 Å². The molecule has 0 aliphatic carbocycles. The van der Waals surface area contributed by atoms with Gasteiger partial charge in [-0.05, 0) is 12.5 Å². The summed E-state index contributed by atoms with van der Waals surface area (Å²) in [7, 11) is 2.95. The molecule has 1 atom stereocenters. The van der Waals surface area contributed by atoms with Crippen molar-refractivity contribution in [1.29, 1.82) is 0 Å². The highest BCUT2D eigenvalue weighted by atomic mass is 16.5. The van der Waals surface area contributed by atoms with E-state index in [1.54, 1.807) is 13.2 Å². The van der Waals surface area contributed by atoms with Gasteiger partial charge >= 0.3 is 5.97 Å². The number of carbonyl (C=O) groups excluding carboxylic acids is 1. The van der Waals surface area contributed by atoms with Gasteiger partial charge < -0.3 is 9.47 Å². The van der Waals surface area contributed by atoms with Gasteiger partial charge in [0.15, 0.2) is 0 Å². The van der Waals surface area contributed by atoms with Gasteiger partial charge in [-0.1, -0.05) is 6.92 Å². The number of carbonyl (C=O) groups is 1. The fourth-order valence-corrected chi connectivity index (χ4v) is 0.635. The molecule has 0 spiro atoms. The van der Waals surface area contributed by atoms with Crippen molar-refractivity contribution in [3.63, 3.8) is 0 Å². The molecule has 64 valence electrons. The summed E-state index contributed by atoms with van der Waals surface area (Å²) in [6.07, 6.45) is 3.92. The minimum Gasteiger partial charge on any atom is -0.466 e. The van der Waals surface area contributed by atoms with Crippen LogP contribution in [0.15, 0.2) is 12.2 Å². The molecule has 11 heavy (non-hydrogen) atoms. The largest absolute Gasteiger partial charge is 0.466 e. The summed E-state index contributed by atoms with van der Waals surface area (Å²) in [5, 5.41) is 0. The van der Waals surface area contributed by atoms with Crippen LogP contribution >= 0.6 is 0 Å². The molecular formula is C8H14O3. The minimum atomic E-state index is -0.347. The summed E-state index contributed by atoms with van der Waals surface area (Å²) in [5.41, 5.74) is 0. The molecule has 0 fully saturated rings. The maximum Gasteiger partial charge on any atom is 0.330 e. The fourth-order valence-electron chi connectivity index (χ4n) is 0.635. The third-order valence-electron chi connectivity index (χ3n) is 1.35. The standard InChI is InChI=1S/C8H14O3/c1-4-7(10-2)5-6-8(9)11-3/h5-7H,4H2,1-3H3/b6-5+/t7-/m0/s1. The molecule has 3 heteroatoms. The van der Waals surface area contributed by atoms with Gasteiger partial charge in [-0.2, -0.15) is 0 Å². The van der Waals surface area contributed by atoms with E-state index < -0.39 is 0 Å². The van der Waals surface area contributed by atoms with E-state index in [2.05, 4.69) is 4.74 Å². The SMILES string of the molecule is CC[C@@H](/C=C/C(=O)OC)OC. The van der Waals surface area contributed by atoms with Crippen LogP contribution in [0.25, 0.3) is 0 Å². The third kappa shape index (κ3) is 4.56. The van der Waals surface area contributed by atoms with E-state index >= 15 is 0 Å². The summed E-state index contributed by atoms with van der Waals surface area (Å²) in [6.45, 7) is 1.98. The lowest BCUT2D eigenvalue weighted by Crippen LogP contribution is -2.05. The van der Waals surface area contributed by atoms with Crippen molar-refractivity contribution in [3.05, 3.63) is 12.2 Å². The highest BCUT2D eigenvalue weighted by molar-refractivity contribution is 5.81. The first-order chi connectivity index (χ1) is 5.24. The second kappa shape index (κ2) is 5.92. The second-order valence-electron chi connectivity index (χ2n) is 2.06. The summed E-state index contributed by atoms with van der Waals surface area (Å²) < 4.78 is 9.41. The molecule has 3 nitrogen and oxygen atoms in total. The molecule has 0 rings (SSSR count). The average molecular weight is 158 g/mol. The van der Waals surface area contributed by atoms with Crippen molar-refractivity contribution >= 4 is 5.97 Å². The minimum absolute atomic E-state index is 0.00843. The van der Waals surface area contributed by atoms with Crippen LogP contribution in [-0.4, -0.2) is 26.3 Å². The Bertz CT molecular complexity index is 136. The number of hydrogen-bond donors (Lipinski definition) is 0. The molecule has 0 saturated carbocycles. The molecule has 0 bridgehead atoms. The Morgan fingerprint density at radius 2 is 2.18 bits per heavy atom. The number of methoxy groups -OCH3 is 2. The molecule has 0 aliphatic heterocycles. The van der Waals surface area contributed by atoms with Gasteiger partial charge in [-0.15, -0.1) is 0 Å². The van der Waals surface area contributed by atoms with Crippen molar-refractivity contribution in [2.24, 2.45) is 0 Å². The summed E-state index contributed by atoms with van der Waals surface area (Å²) in [4.78, 5) is 10.6. The first-order valence-electron chi connectivity index (χ1n) is 3.53. The van der Waals surface area contributed by atoms with E-state index in [4.69, 9.17) is 4.74 Å². The van der Waals surface area contributed by atoms with Crippen molar-refractivity contribution in [2.75, 3.05) is 14.2 Å². The first kappa shape index (κ1) is 10.2. The summed E-state index contributed by atoms with van der Waals surface area (Å²) in [5.74, 6) is -0.347. The lowest BCUT2D eigenvalue weighted by atomic mass is 10.2. The Morgan fingerprint density at radius 1 is 1.55 bits per heavy atom. The molecule has 0 amide bonds. The molecule has 0 saturated heterocycles. The zero-order valence-electron chi connectivity index (χ0n) is 7.16. The van der Waals surface area contributed by atoms with E-state index in [0.717, 1.165) is 6.42 Å². The Morgan fingerprint density at radius 3 is 2.55 bits per heavy atom. The first-order valence-corrected chi connectivity index (χ1v) is 3.53. The predicted molar refractivity (Wildman–Crippen MR) is 42.2 cm³/mol. The molecule has 0 aromatic heterocycles. The van der Waals surface area contributed by atoms with Gasteiger partial charge in [0, 0.05) is 13.2 Å². The Kier molecular flexibility index (Phi) is 5.47. The van der Waals surface area contributed by atoms with Gasteiger partial charge in [-0.3, -0.25) is 0 Å². The number of hydrogen-bond acceptors (Lipinski definition) is 3. The van der Waals surface area contributed by atoms with E-state index in [-0.39, 0.29) is 12.1 Å². The zero-order chi connectivity index (χ0) is 8.69.